The van der Waals surface area contributed by atoms with E-state index in [0.717, 1.165) is 18.7 Å². The highest BCUT2D eigenvalue weighted by molar-refractivity contribution is 6.30. The molecule has 0 amide bonds. The zero-order valence-electron chi connectivity index (χ0n) is 10.0. The summed E-state index contributed by atoms with van der Waals surface area (Å²) in [5.74, 6) is 0.564. The molecule has 0 unspecified atom stereocenters. The molecule has 0 saturated heterocycles. The van der Waals surface area contributed by atoms with E-state index in [9.17, 15) is 0 Å². The summed E-state index contributed by atoms with van der Waals surface area (Å²) in [6.45, 7) is 2.43. The Labute approximate surface area is 108 Å². The van der Waals surface area contributed by atoms with E-state index >= 15 is 0 Å². The maximum atomic E-state index is 5.62. The van der Waals surface area contributed by atoms with E-state index < -0.39 is 0 Å². The lowest BCUT2D eigenvalue weighted by atomic mass is 10.0. The summed E-state index contributed by atoms with van der Waals surface area (Å²) in [4.78, 5) is 4.10. The van der Waals surface area contributed by atoms with Crippen LogP contribution in [-0.2, 0) is 19.7 Å². The van der Waals surface area contributed by atoms with Gasteiger partial charge in [-0.25, -0.2) is 4.98 Å². The number of fused-ring (bicyclic) bond motifs is 1. The van der Waals surface area contributed by atoms with Crippen LogP contribution < -0.4 is 15.6 Å². The summed E-state index contributed by atoms with van der Waals surface area (Å²) in [5, 5.41) is 3.33. The van der Waals surface area contributed by atoms with Gasteiger partial charge in [-0.05, 0) is 22.3 Å². The average Bonchev–Trinajstić information content (AvgIpc) is 2.84. The van der Waals surface area contributed by atoms with Gasteiger partial charge in [-0.3, -0.25) is 0 Å². The van der Waals surface area contributed by atoms with Crippen LogP contribution in [0.3, 0.4) is 0 Å². The van der Waals surface area contributed by atoms with Crippen LogP contribution in [0, 0.1) is 0 Å². The fraction of sp³-hybridized carbons (Fsp3) is 0.214. The molecule has 3 nitrogen and oxygen atoms in total. The van der Waals surface area contributed by atoms with E-state index in [0.29, 0.717) is 18.1 Å². The van der Waals surface area contributed by atoms with Crippen LogP contribution in [0.15, 0.2) is 36.4 Å². The van der Waals surface area contributed by atoms with Gasteiger partial charge in [-0.1, -0.05) is 30.3 Å². The smallest absolute Gasteiger partial charge is 0.212 e. The summed E-state index contributed by atoms with van der Waals surface area (Å²) in [5.41, 5.74) is 4.37. The molecule has 1 aromatic heterocycles. The average molecular weight is 236 g/mol. The van der Waals surface area contributed by atoms with Crippen LogP contribution in [0.4, 0.5) is 0 Å². The molecule has 0 bridgehead atoms. The van der Waals surface area contributed by atoms with Crippen LogP contribution in [0.1, 0.15) is 16.7 Å². The van der Waals surface area contributed by atoms with E-state index in [2.05, 4.69) is 28.5 Å². The minimum absolute atomic E-state index is 0.477. The van der Waals surface area contributed by atoms with E-state index in [1.165, 1.54) is 11.1 Å². The number of hydrogen-bond donors (Lipinski definition) is 1. The number of ether oxygens (including phenoxy) is 1. The maximum absolute atomic E-state index is 5.62. The predicted octanol–water partition coefficient (Wildman–Crippen LogP) is 1.06. The SMILES string of the molecule is [B]c1cccc(OCc2ccc3c(c2)CNC3)n1. The molecule has 0 fully saturated rings. The molecular formula is C14H13BN2O. The number of benzene rings is 1. The van der Waals surface area contributed by atoms with Crippen molar-refractivity contribution in [3.8, 4) is 5.88 Å². The minimum atomic E-state index is 0.477. The van der Waals surface area contributed by atoms with Crippen molar-refractivity contribution in [3.63, 3.8) is 0 Å². The van der Waals surface area contributed by atoms with Gasteiger partial charge >= 0.3 is 0 Å². The molecule has 1 aromatic carbocycles. The normalized spacial score (nSPS) is 13.3. The van der Waals surface area contributed by atoms with Crippen LogP contribution in [0.2, 0.25) is 0 Å². The van der Waals surface area contributed by atoms with E-state index in [4.69, 9.17) is 12.6 Å². The fourth-order valence-corrected chi connectivity index (χ4v) is 2.11. The lowest BCUT2D eigenvalue weighted by molar-refractivity contribution is 0.294. The van der Waals surface area contributed by atoms with Gasteiger partial charge in [0, 0.05) is 19.2 Å². The first-order chi connectivity index (χ1) is 8.81. The van der Waals surface area contributed by atoms with Gasteiger partial charge in [0.15, 0.2) is 0 Å². The van der Waals surface area contributed by atoms with Gasteiger partial charge in [0.1, 0.15) is 14.5 Å². The number of nitrogens with one attached hydrogen (secondary N) is 1. The first kappa shape index (κ1) is 11.3. The Morgan fingerprint density at radius 2 is 2.06 bits per heavy atom. The van der Waals surface area contributed by atoms with E-state index in [-0.39, 0.29) is 0 Å². The zero-order valence-corrected chi connectivity index (χ0v) is 10.0. The van der Waals surface area contributed by atoms with Gasteiger partial charge < -0.3 is 10.1 Å². The van der Waals surface area contributed by atoms with Crippen molar-refractivity contribution in [2.45, 2.75) is 19.7 Å². The molecule has 1 aliphatic rings. The highest BCUT2D eigenvalue weighted by Crippen LogP contribution is 2.18. The molecule has 0 atom stereocenters. The monoisotopic (exact) mass is 236 g/mol. The fourth-order valence-electron chi connectivity index (χ4n) is 2.11. The number of aromatic nitrogens is 1. The Morgan fingerprint density at radius 1 is 1.17 bits per heavy atom. The molecule has 2 aromatic rings. The minimum Gasteiger partial charge on any atom is -0.473 e. The standard InChI is InChI=1S/C14H13BN2O/c15-13-2-1-3-14(17-13)18-9-10-4-5-11-7-16-8-12(11)6-10/h1-6,16H,7-9H2. The second-order valence-corrected chi connectivity index (χ2v) is 4.40. The lowest BCUT2D eigenvalue weighted by Gasteiger charge is -2.07. The molecule has 1 aliphatic heterocycles. The molecule has 18 heavy (non-hydrogen) atoms. The second kappa shape index (κ2) is 4.82. The van der Waals surface area contributed by atoms with Crippen LogP contribution >= 0.6 is 0 Å². The summed E-state index contributed by atoms with van der Waals surface area (Å²) in [7, 11) is 5.60. The van der Waals surface area contributed by atoms with Crippen molar-refractivity contribution in [3.05, 3.63) is 53.1 Å². The third kappa shape index (κ3) is 2.38. The number of nitrogens with zero attached hydrogens (tertiary/aromatic N) is 1. The van der Waals surface area contributed by atoms with Crippen LogP contribution in [-0.4, -0.2) is 12.8 Å². The summed E-state index contributed by atoms with van der Waals surface area (Å²) in [6, 6.07) is 11.8. The molecule has 3 rings (SSSR count). The van der Waals surface area contributed by atoms with Gasteiger partial charge in [0.2, 0.25) is 5.88 Å². The van der Waals surface area contributed by atoms with E-state index in [1.807, 2.05) is 12.1 Å². The molecule has 2 heterocycles. The largest absolute Gasteiger partial charge is 0.473 e. The first-order valence-electron chi connectivity index (χ1n) is 5.98. The first-order valence-corrected chi connectivity index (χ1v) is 5.98. The van der Waals surface area contributed by atoms with Crippen molar-refractivity contribution >= 4 is 13.4 Å². The molecule has 0 saturated carbocycles. The Hall–Kier alpha value is -1.81. The van der Waals surface area contributed by atoms with Crippen molar-refractivity contribution in [1.82, 2.24) is 10.3 Å². The number of hydrogen-bond acceptors (Lipinski definition) is 3. The zero-order chi connectivity index (χ0) is 12.4. The van der Waals surface area contributed by atoms with Gasteiger partial charge in [-0.2, -0.15) is 0 Å². The highest BCUT2D eigenvalue weighted by atomic mass is 16.5. The Balaban J connectivity index is 1.70. The summed E-state index contributed by atoms with van der Waals surface area (Å²) >= 11 is 0. The molecule has 1 N–H and O–H groups in total. The van der Waals surface area contributed by atoms with E-state index in [1.54, 1.807) is 6.07 Å². The van der Waals surface area contributed by atoms with Crippen molar-refractivity contribution in [1.29, 1.82) is 0 Å². The van der Waals surface area contributed by atoms with Crippen LogP contribution in [0.25, 0.3) is 0 Å². The molecule has 88 valence electrons. The number of rotatable bonds is 3. The molecule has 0 spiro atoms. The Morgan fingerprint density at radius 3 is 2.94 bits per heavy atom. The van der Waals surface area contributed by atoms with Gasteiger partial charge in [-0.15, -0.1) is 0 Å². The van der Waals surface area contributed by atoms with Crippen LogP contribution in [0.5, 0.6) is 5.88 Å². The topological polar surface area (TPSA) is 34.1 Å². The Kier molecular flexibility index (Phi) is 3.03. The molecule has 2 radical (unpaired) electrons. The molecule has 0 aliphatic carbocycles. The molecule has 4 heteroatoms. The summed E-state index contributed by atoms with van der Waals surface area (Å²) in [6.07, 6.45) is 0. The quantitative estimate of drug-likeness (QED) is 0.809. The van der Waals surface area contributed by atoms with Gasteiger partial charge in [0.05, 0.1) is 0 Å². The number of pyridine rings is 1. The Bertz CT molecular complexity index is 571. The van der Waals surface area contributed by atoms with Gasteiger partial charge in [0.25, 0.3) is 0 Å². The van der Waals surface area contributed by atoms with Crippen molar-refractivity contribution in [2.24, 2.45) is 0 Å². The highest BCUT2D eigenvalue weighted by Gasteiger charge is 2.10. The third-order valence-electron chi connectivity index (χ3n) is 3.03. The molecular weight excluding hydrogens is 223 g/mol. The second-order valence-electron chi connectivity index (χ2n) is 4.40. The maximum Gasteiger partial charge on any atom is 0.212 e. The third-order valence-corrected chi connectivity index (χ3v) is 3.03. The summed E-state index contributed by atoms with van der Waals surface area (Å²) < 4.78 is 5.62. The van der Waals surface area contributed by atoms with Crippen molar-refractivity contribution in [2.75, 3.05) is 0 Å². The predicted molar refractivity (Wildman–Crippen MR) is 70.9 cm³/mol. The van der Waals surface area contributed by atoms with Crippen molar-refractivity contribution < 1.29 is 4.74 Å². The lowest BCUT2D eigenvalue weighted by Crippen LogP contribution is -2.09.